The first-order chi connectivity index (χ1) is 9.22. The third kappa shape index (κ3) is 3.58. The Morgan fingerprint density at radius 2 is 2.05 bits per heavy atom. The molecule has 2 N–H and O–H groups in total. The molecule has 1 atom stereocenters. The van der Waals surface area contributed by atoms with Crippen LogP contribution in [-0.4, -0.2) is 16.3 Å². The second kappa shape index (κ2) is 6.38. The van der Waals surface area contributed by atoms with Crippen LogP contribution in [0.2, 0.25) is 0 Å². The lowest BCUT2D eigenvalue weighted by Crippen LogP contribution is -2.08. The SMILES string of the molecule is CCn1cc(OCc2ccc(C(C)CN)cc2)cn1. The van der Waals surface area contributed by atoms with E-state index in [1.807, 2.05) is 17.8 Å². The molecule has 2 aromatic rings. The number of nitrogens with zero attached hydrogens (tertiary/aromatic N) is 2. The van der Waals surface area contributed by atoms with E-state index in [-0.39, 0.29) is 0 Å². The van der Waals surface area contributed by atoms with Crippen molar-refractivity contribution in [2.75, 3.05) is 6.54 Å². The number of ether oxygens (including phenoxy) is 1. The fourth-order valence-corrected chi connectivity index (χ4v) is 1.84. The zero-order valence-electron chi connectivity index (χ0n) is 11.5. The minimum Gasteiger partial charge on any atom is -0.486 e. The first-order valence-corrected chi connectivity index (χ1v) is 6.67. The third-order valence-corrected chi connectivity index (χ3v) is 3.24. The van der Waals surface area contributed by atoms with Gasteiger partial charge in [-0.25, -0.2) is 0 Å². The maximum atomic E-state index is 5.69. The van der Waals surface area contributed by atoms with Crippen molar-refractivity contribution >= 4 is 0 Å². The van der Waals surface area contributed by atoms with Crippen LogP contribution in [-0.2, 0) is 13.2 Å². The van der Waals surface area contributed by atoms with Crippen LogP contribution in [0.1, 0.15) is 30.9 Å². The molecule has 0 aliphatic rings. The monoisotopic (exact) mass is 259 g/mol. The number of hydrogen-bond acceptors (Lipinski definition) is 3. The van der Waals surface area contributed by atoms with Crippen molar-refractivity contribution in [1.82, 2.24) is 9.78 Å². The van der Waals surface area contributed by atoms with Crippen molar-refractivity contribution in [2.24, 2.45) is 5.73 Å². The molecule has 4 nitrogen and oxygen atoms in total. The van der Waals surface area contributed by atoms with Crippen molar-refractivity contribution in [3.8, 4) is 5.75 Å². The molecule has 0 saturated heterocycles. The molecule has 0 fully saturated rings. The lowest BCUT2D eigenvalue weighted by Gasteiger charge is -2.10. The second-order valence-corrected chi connectivity index (χ2v) is 4.70. The van der Waals surface area contributed by atoms with E-state index in [2.05, 4.69) is 36.3 Å². The first kappa shape index (κ1) is 13.6. The number of hydrogen-bond donors (Lipinski definition) is 1. The maximum Gasteiger partial charge on any atom is 0.157 e. The Morgan fingerprint density at radius 3 is 2.63 bits per heavy atom. The van der Waals surface area contributed by atoms with E-state index in [0.717, 1.165) is 17.9 Å². The Hall–Kier alpha value is -1.81. The summed E-state index contributed by atoms with van der Waals surface area (Å²) in [6.07, 6.45) is 3.65. The lowest BCUT2D eigenvalue weighted by atomic mass is 10.0. The predicted octanol–water partition coefficient (Wildman–Crippen LogP) is 2.54. The summed E-state index contributed by atoms with van der Waals surface area (Å²) in [4.78, 5) is 0. The number of benzene rings is 1. The van der Waals surface area contributed by atoms with Gasteiger partial charge in [-0.15, -0.1) is 0 Å². The molecule has 0 radical (unpaired) electrons. The van der Waals surface area contributed by atoms with Gasteiger partial charge in [-0.05, 0) is 30.5 Å². The van der Waals surface area contributed by atoms with Crippen LogP contribution in [0, 0.1) is 0 Å². The normalized spacial score (nSPS) is 12.4. The van der Waals surface area contributed by atoms with Crippen LogP contribution < -0.4 is 10.5 Å². The highest BCUT2D eigenvalue weighted by atomic mass is 16.5. The van der Waals surface area contributed by atoms with Crippen LogP contribution in [0.3, 0.4) is 0 Å². The Bertz CT molecular complexity index is 504. The van der Waals surface area contributed by atoms with Gasteiger partial charge in [0, 0.05) is 6.54 Å². The summed E-state index contributed by atoms with van der Waals surface area (Å²) in [5, 5.41) is 4.17. The van der Waals surface area contributed by atoms with E-state index in [0.29, 0.717) is 19.1 Å². The van der Waals surface area contributed by atoms with Crippen LogP contribution in [0.25, 0.3) is 0 Å². The van der Waals surface area contributed by atoms with Gasteiger partial charge in [0.2, 0.25) is 0 Å². The number of aryl methyl sites for hydroxylation is 1. The van der Waals surface area contributed by atoms with Crippen LogP contribution >= 0.6 is 0 Å². The molecule has 1 aromatic heterocycles. The first-order valence-electron chi connectivity index (χ1n) is 6.67. The molecule has 1 aromatic carbocycles. The smallest absolute Gasteiger partial charge is 0.157 e. The summed E-state index contributed by atoms with van der Waals surface area (Å²) in [5.74, 6) is 1.21. The molecule has 0 bridgehead atoms. The molecule has 1 heterocycles. The fourth-order valence-electron chi connectivity index (χ4n) is 1.84. The van der Waals surface area contributed by atoms with Gasteiger partial charge in [-0.1, -0.05) is 31.2 Å². The predicted molar refractivity (Wildman–Crippen MR) is 76.1 cm³/mol. The lowest BCUT2D eigenvalue weighted by molar-refractivity contribution is 0.305. The van der Waals surface area contributed by atoms with Crippen molar-refractivity contribution in [2.45, 2.75) is 32.9 Å². The topological polar surface area (TPSA) is 53.1 Å². The Labute approximate surface area is 114 Å². The molecular weight excluding hydrogens is 238 g/mol. The average molecular weight is 259 g/mol. The van der Waals surface area contributed by atoms with Crippen LogP contribution in [0.5, 0.6) is 5.75 Å². The minimum atomic E-state index is 0.401. The zero-order chi connectivity index (χ0) is 13.7. The number of aromatic nitrogens is 2. The minimum absolute atomic E-state index is 0.401. The molecule has 2 rings (SSSR count). The van der Waals surface area contributed by atoms with E-state index in [1.165, 1.54) is 5.56 Å². The van der Waals surface area contributed by atoms with Gasteiger partial charge in [0.15, 0.2) is 5.75 Å². The van der Waals surface area contributed by atoms with Gasteiger partial charge in [-0.2, -0.15) is 5.10 Å². The van der Waals surface area contributed by atoms with Gasteiger partial charge < -0.3 is 10.5 Å². The Balaban J connectivity index is 1.92. The molecule has 0 aliphatic heterocycles. The largest absolute Gasteiger partial charge is 0.486 e. The summed E-state index contributed by atoms with van der Waals surface area (Å²) < 4.78 is 7.54. The molecular formula is C15H21N3O. The van der Waals surface area contributed by atoms with Gasteiger partial charge in [-0.3, -0.25) is 4.68 Å². The maximum absolute atomic E-state index is 5.69. The summed E-state index contributed by atoms with van der Waals surface area (Å²) >= 11 is 0. The molecule has 0 aliphatic carbocycles. The summed E-state index contributed by atoms with van der Waals surface area (Å²) in [7, 11) is 0. The summed E-state index contributed by atoms with van der Waals surface area (Å²) in [5.41, 5.74) is 8.08. The van der Waals surface area contributed by atoms with Crippen molar-refractivity contribution < 1.29 is 4.74 Å². The molecule has 1 unspecified atom stereocenters. The van der Waals surface area contributed by atoms with Gasteiger partial charge in [0.1, 0.15) is 6.61 Å². The van der Waals surface area contributed by atoms with Gasteiger partial charge in [0.05, 0.1) is 12.4 Å². The van der Waals surface area contributed by atoms with Gasteiger partial charge in [0.25, 0.3) is 0 Å². The highest BCUT2D eigenvalue weighted by molar-refractivity contribution is 5.25. The average Bonchev–Trinajstić information content (AvgIpc) is 2.93. The zero-order valence-corrected chi connectivity index (χ0v) is 11.5. The van der Waals surface area contributed by atoms with E-state index in [1.54, 1.807) is 6.20 Å². The van der Waals surface area contributed by atoms with E-state index < -0.39 is 0 Å². The van der Waals surface area contributed by atoms with Gasteiger partial charge >= 0.3 is 0 Å². The molecule has 19 heavy (non-hydrogen) atoms. The quantitative estimate of drug-likeness (QED) is 0.867. The van der Waals surface area contributed by atoms with Crippen molar-refractivity contribution in [3.63, 3.8) is 0 Å². The van der Waals surface area contributed by atoms with E-state index in [9.17, 15) is 0 Å². The number of nitrogens with two attached hydrogens (primary N) is 1. The molecule has 102 valence electrons. The molecule has 0 spiro atoms. The standard InChI is InChI=1S/C15H21N3O/c1-3-18-10-15(9-17-18)19-11-13-4-6-14(7-5-13)12(2)8-16/h4-7,9-10,12H,3,8,11,16H2,1-2H3. The van der Waals surface area contributed by atoms with E-state index in [4.69, 9.17) is 10.5 Å². The highest BCUT2D eigenvalue weighted by Gasteiger charge is 2.03. The van der Waals surface area contributed by atoms with Crippen LogP contribution in [0.15, 0.2) is 36.7 Å². The Morgan fingerprint density at radius 1 is 1.32 bits per heavy atom. The van der Waals surface area contributed by atoms with E-state index >= 15 is 0 Å². The third-order valence-electron chi connectivity index (χ3n) is 3.24. The van der Waals surface area contributed by atoms with Crippen LogP contribution in [0.4, 0.5) is 0 Å². The summed E-state index contributed by atoms with van der Waals surface area (Å²) in [6.45, 7) is 6.27. The molecule has 4 heteroatoms. The van der Waals surface area contributed by atoms with Crippen molar-refractivity contribution in [1.29, 1.82) is 0 Å². The second-order valence-electron chi connectivity index (χ2n) is 4.70. The van der Waals surface area contributed by atoms with Crippen molar-refractivity contribution in [3.05, 3.63) is 47.8 Å². The Kier molecular flexibility index (Phi) is 4.58. The number of rotatable bonds is 6. The fraction of sp³-hybridized carbons (Fsp3) is 0.400. The molecule has 0 amide bonds. The molecule has 0 saturated carbocycles. The summed E-state index contributed by atoms with van der Waals surface area (Å²) in [6, 6.07) is 8.41. The highest BCUT2D eigenvalue weighted by Crippen LogP contribution is 2.16.